The second-order valence-corrected chi connectivity index (χ2v) is 17.2. The van der Waals surface area contributed by atoms with Crippen LogP contribution in [0.3, 0.4) is 0 Å². The van der Waals surface area contributed by atoms with Gasteiger partial charge >= 0.3 is 6.09 Å². The fourth-order valence-corrected chi connectivity index (χ4v) is 6.95. The SMILES string of the molecule is Cc1ccc([C@@H](Nc2ccc(F)cc2)[C@@H](CC[C@H](O[Si](C)(C)C)c2ccc(F)cc2)C(=O)N2C(=O)OC[C@@H]2c2ccccc2)cc1.S.S.S. The van der Waals surface area contributed by atoms with Crippen molar-refractivity contribution < 1.29 is 27.5 Å². The number of anilines is 1. The van der Waals surface area contributed by atoms with Gasteiger partial charge in [0.25, 0.3) is 0 Å². The molecule has 1 aliphatic rings. The molecule has 0 aromatic heterocycles. The molecule has 1 fully saturated rings. The first-order valence-corrected chi connectivity index (χ1v) is 19.0. The number of cyclic esters (lactones) is 1. The summed E-state index contributed by atoms with van der Waals surface area (Å²) >= 11 is 0. The number of nitrogens with one attached hydrogen (secondary N) is 1. The minimum atomic E-state index is -2.09. The quantitative estimate of drug-likeness (QED) is 0.147. The van der Waals surface area contributed by atoms with Gasteiger partial charge in [0.1, 0.15) is 24.3 Å². The van der Waals surface area contributed by atoms with Crippen LogP contribution in [0.25, 0.3) is 0 Å². The van der Waals surface area contributed by atoms with Gasteiger partial charge in [0.05, 0.1) is 18.1 Å². The maximum atomic E-state index is 14.8. The molecule has 4 aromatic carbocycles. The zero-order valence-electron chi connectivity index (χ0n) is 28.1. The van der Waals surface area contributed by atoms with Crippen molar-refractivity contribution in [2.45, 2.75) is 57.6 Å². The first-order valence-electron chi connectivity index (χ1n) is 15.6. The minimum Gasteiger partial charge on any atom is -0.446 e. The molecule has 6 nitrogen and oxygen atoms in total. The van der Waals surface area contributed by atoms with Crippen LogP contribution in [-0.4, -0.2) is 31.8 Å². The first-order chi connectivity index (χ1) is 22.0. The molecule has 12 heteroatoms. The smallest absolute Gasteiger partial charge is 0.417 e. The summed E-state index contributed by atoms with van der Waals surface area (Å²) in [6, 6.07) is 28.3. The fourth-order valence-electron chi connectivity index (χ4n) is 5.84. The first kappa shape index (κ1) is 41.9. The summed E-state index contributed by atoms with van der Waals surface area (Å²) in [6.07, 6.45) is -0.341. The molecule has 5 rings (SSSR count). The standard InChI is InChI=1S/C37H40F2N2O4Si.3H2S/c1-25-10-12-28(13-11-25)35(40-31-20-18-30(39)19-21-31)32(22-23-34(45-46(2,3)4)27-14-16-29(38)17-15-27)36(42)41-33(24-44-37(41)43)26-8-6-5-7-9-26;;;/h5-21,32-35,40H,22-24H2,1-4H3;3*1H2/t32-,33-,34+,35-;;;/m1.../s1. The summed E-state index contributed by atoms with van der Waals surface area (Å²) in [5.74, 6) is -1.87. The van der Waals surface area contributed by atoms with Crippen molar-refractivity contribution in [2.75, 3.05) is 11.9 Å². The summed E-state index contributed by atoms with van der Waals surface area (Å²) in [4.78, 5) is 29.3. The Hall–Kier alpha value is -3.29. The van der Waals surface area contributed by atoms with Crippen LogP contribution < -0.4 is 5.32 Å². The number of ether oxygens (including phenoxy) is 1. The van der Waals surface area contributed by atoms with Crippen molar-refractivity contribution in [3.63, 3.8) is 0 Å². The Bertz CT molecular complexity index is 1630. The van der Waals surface area contributed by atoms with Gasteiger partial charge in [-0.15, -0.1) is 0 Å². The van der Waals surface area contributed by atoms with E-state index in [4.69, 9.17) is 9.16 Å². The largest absolute Gasteiger partial charge is 0.446 e. The van der Waals surface area contributed by atoms with Gasteiger partial charge in [-0.25, -0.2) is 18.5 Å². The zero-order chi connectivity index (χ0) is 32.8. The number of aryl methyl sites for hydroxylation is 1. The number of halogens is 2. The van der Waals surface area contributed by atoms with Gasteiger partial charge in [-0.1, -0.05) is 72.3 Å². The van der Waals surface area contributed by atoms with E-state index in [-0.39, 0.29) is 64.6 Å². The monoisotopic (exact) mass is 744 g/mol. The van der Waals surface area contributed by atoms with E-state index >= 15 is 0 Å². The molecule has 264 valence electrons. The highest BCUT2D eigenvalue weighted by Gasteiger charge is 2.44. The molecule has 2 amide bonds. The van der Waals surface area contributed by atoms with Crippen molar-refractivity contribution in [2.24, 2.45) is 5.92 Å². The molecule has 49 heavy (non-hydrogen) atoms. The van der Waals surface area contributed by atoms with E-state index in [1.54, 1.807) is 24.3 Å². The Kier molecular flexibility index (Phi) is 15.9. The van der Waals surface area contributed by atoms with E-state index in [9.17, 15) is 18.4 Å². The number of hydrogen-bond donors (Lipinski definition) is 1. The topological polar surface area (TPSA) is 67.9 Å². The molecule has 1 N–H and O–H groups in total. The third-order valence-electron chi connectivity index (χ3n) is 8.09. The molecule has 0 bridgehead atoms. The molecule has 1 aliphatic heterocycles. The number of amides is 2. The van der Waals surface area contributed by atoms with Crippen molar-refractivity contribution in [1.29, 1.82) is 0 Å². The van der Waals surface area contributed by atoms with E-state index in [1.807, 2.05) is 61.5 Å². The highest BCUT2D eigenvalue weighted by Crippen LogP contribution is 2.39. The summed E-state index contributed by atoms with van der Waals surface area (Å²) in [5, 5.41) is 3.49. The lowest BCUT2D eigenvalue weighted by atomic mass is 9.85. The molecule has 4 atom stereocenters. The number of imide groups is 1. The maximum Gasteiger partial charge on any atom is 0.417 e. The number of carbonyl (C=O) groups is 2. The van der Waals surface area contributed by atoms with Crippen LogP contribution in [0, 0.1) is 24.5 Å². The van der Waals surface area contributed by atoms with E-state index in [1.165, 1.54) is 29.2 Å². The van der Waals surface area contributed by atoms with Crippen molar-refractivity contribution in [1.82, 2.24) is 4.90 Å². The van der Waals surface area contributed by atoms with Gasteiger partial charge in [-0.2, -0.15) is 40.5 Å². The number of hydrogen-bond acceptors (Lipinski definition) is 5. The van der Waals surface area contributed by atoms with E-state index in [0.717, 1.165) is 22.3 Å². The number of benzene rings is 4. The molecule has 0 unspecified atom stereocenters. The number of carbonyl (C=O) groups excluding carboxylic acids is 2. The highest BCUT2D eigenvalue weighted by atomic mass is 32.1. The lowest BCUT2D eigenvalue weighted by Crippen LogP contribution is -2.42. The molecule has 0 aliphatic carbocycles. The van der Waals surface area contributed by atoms with Crippen molar-refractivity contribution >= 4 is 66.5 Å². The molecule has 1 heterocycles. The van der Waals surface area contributed by atoms with Crippen LogP contribution in [0.2, 0.25) is 19.6 Å². The Balaban J connectivity index is 0.00000278. The normalized spacial score (nSPS) is 15.8. The molecular weight excluding hydrogens is 699 g/mol. The van der Waals surface area contributed by atoms with Crippen LogP contribution in [0.5, 0.6) is 0 Å². The highest BCUT2D eigenvalue weighted by molar-refractivity contribution is 7.59. The van der Waals surface area contributed by atoms with Crippen LogP contribution in [-0.2, 0) is 14.0 Å². The van der Waals surface area contributed by atoms with Gasteiger partial charge in [-0.05, 0) is 92.5 Å². The van der Waals surface area contributed by atoms with E-state index < -0.39 is 38.5 Å². The Morgan fingerprint density at radius 1 is 0.837 bits per heavy atom. The lowest BCUT2D eigenvalue weighted by Gasteiger charge is -2.34. The predicted molar refractivity (Wildman–Crippen MR) is 209 cm³/mol. The van der Waals surface area contributed by atoms with Gasteiger partial charge in [0.15, 0.2) is 8.32 Å². The van der Waals surface area contributed by atoms with E-state index in [2.05, 4.69) is 25.0 Å². The summed E-state index contributed by atoms with van der Waals surface area (Å²) in [6.45, 7) is 8.30. The van der Waals surface area contributed by atoms with Gasteiger partial charge in [0.2, 0.25) is 5.91 Å². The van der Waals surface area contributed by atoms with Crippen LogP contribution in [0.4, 0.5) is 19.3 Å². The molecular formula is C37H46F2N2O4S3Si. The summed E-state index contributed by atoms with van der Waals surface area (Å²) in [5.41, 5.74) is 4.13. The molecule has 4 aromatic rings. The van der Waals surface area contributed by atoms with Gasteiger partial charge in [-0.3, -0.25) is 4.79 Å². The Morgan fingerprint density at radius 3 is 1.96 bits per heavy atom. The average Bonchev–Trinajstić information content (AvgIpc) is 3.42. The molecule has 1 saturated heterocycles. The molecule has 0 spiro atoms. The third kappa shape index (κ3) is 11.1. The predicted octanol–water partition coefficient (Wildman–Crippen LogP) is 9.47. The summed E-state index contributed by atoms with van der Waals surface area (Å²) < 4.78 is 39.8. The Morgan fingerprint density at radius 2 is 1.39 bits per heavy atom. The van der Waals surface area contributed by atoms with Crippen molar-refractivity contribution in [3.8, 4) is 0 Å². The maximum absolute atomic E-state index is 14.8. The van der Waals surface area contributed by atoms with Gasteiger partial charge < -0.3 is 14.5 Å². The van der Waals surface area contributed by atoms with Crippen molar-refractivity contribution in [3.05, 3.63) is 137 Å². The van der Waals surface area contributed by atoms with Crippen LogP contribution in [0.15, 0.2) is 103 Å². The molecule has 0 saturated carbocycles. The third-order valence-corrected chi connectivity index (χ3v) is 9.09. The lowest BCUT2D eigenvalue weighted by molar-refractivity contribution is -0.134. The fraction of sp³-hybridized carbons (Fsp3) is 0.297. The number of rotatable bonds is 12. The minimum absolute atomic E-state index is 0. The van der Waals surface area contributed by atoms with Crippen LogP contribution in [0.1, 0.15) is 53.3 Å². The Labute approximate surface area is 310 Å². The van der Waals surface area contributed by atoms with Crippen LogP contribution >= 0.6 is 40.5 Å². The molecule has 0 radical (unpaired) electrons. The second kappa shape index (κ2) is 18.6. The second-order valence-electron chi connectivity index (χ2n) is 12.7. The van der Waals surface area contributed by atoms with E-state index in [0.29, 0.717) is 18.5 Å². The number of nitrogens with zero attached hydrogens (tertiary/aromatic N) is 1. The average molecular weight is 745 g/mol. The van der Waals surface area contributed by atoms with Gasteiger partial charge in [0, 0.05) is 5.69 Å². The zero-order valence-corrected chi connectivity index (χ0v) is 32.1. The summed E-state index contributed by atoms with van der Waals surface area (Å²) in [7, 11) is -2.09.